The molecule has 0 spiro atoms. The predicted molar refractivity (Wildman–Crippen MR) is 105 cm³/mol. The van der Waals surface area contributed by atoms with Crippen molar-refractivity contribution < 1.29 is 14.3 Å². The van der Waals surface area contributed by atoms with Crippen LogP contribution in [0.25, 0.3) is 0 Å². The van der Waals surface area contributed by atoms with Gasteiger partial charge in [0, 0.05) is 25.2 Å². The molecule has 0 aliphatic carbocycles. The Kier molecular flexibility index (Phi) is 5.91. The number of Topliss-reactive ketones (excluding diaryl/α,β-unsaturated/α-hetero) is 1. The molecular weight excluding hydrogens is 340 g/mol. The van der Waals surface area contributed by atoms with Crippen LogP contribution in [-0.2, 0) is 4.79 Å². The zero-order valence-electron chi connectivity index (χ0n) is 16.1. The molecule has 1 aliphatic heterocycles. The van der Waals surface area contributed by atoms with Crippen molar-refractivity contribution in [3.8, 4) is 5.75 Å². The minimum absolute atomic E-state index is 0.00653. The second-order valence-corrected chi connectivity index (χ2v) is 7.06. The molecule has 5 heteroatoms. The third kappa shape index (κ3) is 4.55. The summed E-state index contributed by atoms with van der Waals surface area (Å²) >= 11 is 0. The maximum absolute atomic E-state index is 13.1. The Hall–Kier alpha value is -2.66. The summed E-state index contributed by atoms with van der Waals surface area (Å²) in [6.07, 6.45) is -0.623. The number of nitrogens with zero attached hydrogens (tertiary/aromatic N) is 2. The lowest BCUT2D eigenvalue weighted by molar-refractivity contribution is -0.143. The van der Waals surface area contributed by atoms with E-state index < -0.39 is 6.10 Å². The number of hydrogen-bond donors (Lipinski definition) is 0. The number of hydrogen-bond acceptors (Lipinski definition) is 4. The molecule has 2 aromatic rings. The summed E-state index contributed by atoms with van der Waals surface area (Å²) in [5.41, 5.74) is 1.71. The molecule has 2 aromatic carbocycles. The first-order valence-corrected chi connectivity index (χ1v) is 9.27. The first-order chi connectivity index (χ1) is 13.0. The van der Waals surface area contributed by atoms with Gasteiger partial charge in [0.1, 0.15) is 5.75 Å². The lowest BCUT2D eigenvalue weighted by Crippen LogP contribution is -2.52. The van der Waals surface area contributed by atoms with Crippen molar-refractivity contribution in [3.63, 3.8) is 0 Å². The molecule has 0 radical (unpaired) electrons. The molecule has 2 unspecified atom stereocenters. The number of ketones is 1. The van der Waals surface area contributed by atoms with Crippen molar-refractivity contribution in [2.45, 2.75) is 26.0 Å². The maximum atomic E-state index is 13.1. The highest BCUT2D eigenvalue weighted by Gasteiger charge is 2.33. The average Bonchev–Trinajstić information content (AvgIpc) is 2.68. The molecule has 142 valence electrons. The largest absolute Gasteiger partial charge is 0.481 e. The van der Waals surface area contributed by atoms with Gasteiger partial charge in [-0.3, -0.25) is 9.59 Å². The molecule has 0 bridgehead atoms. The SMILES string of the molecule is CC(=O)c1cccc(OC(C)C(=O)N2CCN(C)CC2c2ccccc2)c1. The van der Waals surface area contributed by atoms with Gasteiger partial charge < -0.3 is 14.5 Å². The van der Waals surface area contributed by atoms with Crippen LogP contribution in [0.2, 0.25) is 0 Å². The Morgan fingerprint density at radius 2 is 1.81 bits per heavy atom. The van der Waals surface area contributed by atoms with Crippen molar-refractivity contribution in [1.29, 1.82) is 0 Å². The molecule has 5 nitrogen and oxygen atoms in total. The fourth-order valence-electron chi connectivity index (χ4n) is 3.42. The van der Waals surface area contributed by atoms with Crippen LogP contribution in [0, 0.1) is 0 Å². The molecule has 2 atom stereocenters. The summed E-state index contributed by atoms with van der Waals surface area (Å²) in [6, 6.07) is 17.1. The molecular formula is C22H26N2O3. The molecule has 0 saturated carbocycles. The molecule has 1 heterocycles. The van der Waals surface area contributed by atoms with Gasteiger partial charge in [-0.05, 0) is 38.6 Å². The third-order valence-electron chi connectivity index (χ3n) is 4.95. The van der Waals surface area contributed by atoms with Gasteiger partial charge in [-0.1, -0.05) is 42.5 Å². The van der Waals surface area contributed by atoms with E-state index in [-0.39, 0.29) is 17.7 Å². The zero-order valence-corrected chi connectivity index (χ0v) is 16.1. The van der Waals surface area contributed by atoms with Crippen LogP contribution in [0.5, 0.6) is 5.75 Å². The lowest BCUT2D eigenvalue weighted by Gasteiger charge is -2.41. The minimum atomic E-state index is -0.623. The zero-order chi connectivity index (χ0) is 19.4. The molecule has 1 amide bonds. The van der Waals surface area contributed by atoms with E-state index in [1.807, 2.05) is 23.1 Å². The first-order valence-electron chi connectivity index (χ1n) is 9.27. The molecule has 1 aliphatic rings. The summed E-state index contributed by atoms with van der Waals surface area (Å²) < 4.78 is 5.87. The van der Waals surface area contributed by atoms with Crippen LogP contribution < -0.4 is 4.74 Å². The summed E-state index contributed by atoms with van der Waals surface area (Å²) in [4.78, 5) is 28.8. The van der Waals surface area contributed by atoms with E-state index in [1.165, 1.54) is 6.92 Å². The van der Waals surface area contributed by atoms with Crippen LogP contribution in [0.3, 0.4) is 0 Å². The highest BCUT2D eigenvalue weighted by atomic mass is 16.5. The fraction of sp³-hybridized carbons (Fsp3) is 0.364. The van der Waals surface area contributed by atoms with Crippen LogP contribution in [-0.4, -0.2) is 54.3 Å². The first kappa shape index (κ1) is 19.1. The van der Waals surface area contributed by atoms with E-state index in [9.17, 15) is 9.59 Å². The minimum Gasteiger partial charge on any atom is -0.481 e. The highest BCUT2D eigenvalue weighted by Crippen LogP contribution is 2.26. The molecule has 0 aromatic heterocycles. The number of amides is 1. The van der Waals surface area contributed by atoms with Gasteiger partial charge in [-0.15, -0.1) is 0 Å². The van der Waals surface area contributed by atoms with Gasteiger partial charge in [0.2, 0.25) is 0 Å². The number of rotatable bonds is 5. The van der Waals surface area contributed by atoms with Crippen molar-refractivity contribution in [2.75, 3.05) is 26.7 Å². The number of ether oxygens (including phenoxy) is 1. The van der Waals surface area contributed by atoms with Gasteiger partial charge >= 0.3 is 0 Å². The van der Waals surface area contributed by atoms with Crippen molar-refractivity contribution >= 4 is 11.7 Å². The summed E-state index contributed by atoms with van der Waals surface area (Å²) in [7, 11) is 2.07. The van der Waals surface area contributed by atoms with E-state index in [0.29, 0.717) is 17.9 Å². The number of carbonyl (C=O) groups is 2. The maximum Gasteiger partial charge on any atom is 0.263 e. The average molecular weight is 366 g/mol. The Labute approximate surface area is 160 Å². The second-order valence-electron chi connectivity index (χ2n) is 7.06. The van der Waals surface area contributed by atoms with E-state index >= 15 is 0 Å². The van der Waals surface area contributed by atoms with Gasteiger partial charge in [0.05, 0.1) is 6.04 Å². The molecule has 0 N–H and O–H groups in total. The highest BCUT2D eigenvalue weighted by molar-refractivity contribution is 5.94. The Morgan fingerprint density at radius 1 is 1.07 bits per heavy atom. The summed E-state index contributed by atoms with van der Waals surface area (Å²) in [6.45, 7) is 5.57. The number of carbonyl (C=O) groups excluding carboxylic acids is 2. The number of benzene rings is 2. The Balaban J connectivity index is 1.76. The van der Waals surface area contributed by atoms with Crippen LogP contribution in [0.1, 0.15) is 35.8 Å². The topological polar surface area (TPSA) is 49.9 Å². The quantitative estimate of drug-likeness (QED) is 0.763. The van der Waals surface area contributed by atoms with E-state index in [4.69, 9.17) is 4.74 Å². The normalized spacial score (nSPS) is 18.8. The van der Waals surface area contributed by atoms with E-state index in [2.05, 4.69) is 24.1 Å². The van der Waals surface area contributed by atoms with Crippen LogP contribution in [0.4, 0.5) is 0 Å². The van der Waals surface area contributed by atoms with Crippen molar-refractivity contribution in [3.05, 3.63) is 65.7 Å². The number of likely N-dealkylation sites (N-methyl/N-ethyl adjacent to an activating group) is 1. The lowest BCUT2D eigenvalue weighted by atomic mass is 10.0. The third-order valence-corrected chi connectivity index (χ3v) is 4.95. The Bertz CT molecular complexity index is 806. The van der Waals surface area contributed by atoms with Crippen LogP contribution in [0.15, 0.2) is 54.6 Å². The predicted octanol–water partition coefficient (Wildman–Crippen LogP) is 3.17. The van der Waals surface area contributed by atoms with E-state index in [1.54, 1.807) is 31.2 Å². The van der Waals surface area contributed by atoms with Gasteiger partial charge in [-0.25, -0.2) is 0 Å². The molecule has 1 saturated heterocycles. The van der Waals surface area contributed by atoms with Crippen molar-refractivity contribution in [1.82, 2.24) is 9.80 Å². The fourth-order valence-corrected chi connectivity index (χ4v) is 3.42. The summed E-state index contributed by atoms with van der Waals surface area (Å²) in [5, 5.41) is 0. The van der Waals surface area contributed by atoms with E-state index in [0.717, 1.165) is 18.7 Å². The van der Waals surface area contributed by atoms with Crippen LogP contribution >= 0.6 is 0 Å². The summed E-state index contributed by atoms with van der Waals surface area (Å²) in [5.74, 6) is 0.474. The number of piperazine rings is 1. The molecule has 3 rings (SSSR count). The monoisotopic (exact) mass is 366 g/mol. The molecule has 1 fully saturated rings. The van der Waals surface area contributed by atoms with Crippen molar-refractivity contribution in [2.24, 2.45) is 0 Å². The Morgan fingerprint density at radius 3 is 2.52 bits per heavy atom. The molecule has 27 heavy (non-hydrogen) atoms. The second kappa shape index (κ2) is 8.35. The van der Waals surface area contributed by atoms with Gasteiger partial charge in [0.15, 0.2) is 11.9 Å². The van der Waals surface area contributed by atoms with Gasteiger partial charge in [-0.2, -0.15) is 0 Å². The standard InChI is InChI=1S/C22H26N2O3/c1-16(25)19-10-7-11-20(14-19)27-17(2)22(26)24-13-12-23(3)15-21(24)18-8-5-4-6-9-18/h4-11,14,17,21H,12-13,15H2,1-3H3. The van der Waals surface area contributed by atoms with Gasteiger partial charge in [0.25, 0.3) is 5.91 Å². The smallest absolute Gasteiger partial charge is 0.263 e.